The maximum Gasteiger partial charge on any atom is 0.326 e. The number of carbonyl (C=O) groups is 2. The Bertz CT molecular complexity index is 269. The first-order valence-electron chi connectivity index (χ1n) is 6.53. The van der Waals surface area contributed by atoms with Crippen LogP contribution in [0.3, 0.4) is 0 Å². The number of carbonyl (C=O) groups excluding carboxylic acids is 1. The van der Waals surface area contributed by atoms with Crippen LogP contribution in [0.1, 0.15) is 47.0 Å². The zero-order chi connectivity index (χ0) is 14.1. The summed E-state index contributed by atoms with van der Waals surface area (Å²) in [6, 6.07) is -0.772. The molecule has 4 nitrogen and oxygen atoms in total. The van der Waals surface area contributed by atoms with Crippen molar-refractivity contribution in [3.05, 3.63) is 0 Å². The molecule has 0 aromatic rings. The van der Waals surface area contributed by atoms with Crippen LogP contribution in [0.5, 0.6) is 0 Å². The van der Waals surface area contributed by atoms with Crippen molar-refractivity contribution in [2.45, 2.75) is 58.2 Å². The third-order valence-corrected chi connectivity index (χ3v) is 3.80. The van der Waals surface area contributed by atoms with Gasteiger partial charge in [-0.1, -0.05) is 27.2 Å². The minimum absolute atomic E-state index is 0.177. The molecule has 0 aromatic heterocycles. The highest BCUT2D eigenvalue weighted by Gasteiger charge is 2.23. The SMILES string of the molecule is CCCCSC(C)C(=O)N[C@H](CC(C)C)C(=O)O. The molecule has 0 rings (SSSR count). The van der Waals surface area contributed by atoms with Gasteiger partial charge in [0.15, 0.2) is 0 Å². The first-order valence-corrected chi connectivity index (χ1v) is 7.58. The fraction of sp³-hybridized carbons (Fsp3) is 0.846. The summed E-state index contributed by atoms with van der Waals surface area (Å²) in [5.41, 5.74) is 0. The highest BCUT2D eigenvalue weighted by atomic mass is 32.2. The molecule has 0 aliphatic carbocycles. The van der Waals surface area contributed by atoms with E-state index in [1.807, 2.05) is 20.8 Å². The van der Waals surface area contributed by atoms with Gasteiger partial charge in [-0.15, -0.1) is 11.8 Å². The van der Waals surface area contributed by atoms with E-state index in [9.17, 15) is 9.59 Å². The Morgan fingerprint density at radius 2 is 1.89 bits per heavy atom. The largest absolute Gasteiger partial charge is 0.480 e. The van der Waals surface area contributed by atoms with Crippen LogP contribution >= 0.6 is 11.8 Å². The molecule has 1 unspecified atom stereocenters. The Morgan fingerprint density at radius 3 is 2.33 bits per heavy atom. The summed E-state index contributed by atoms with van der Waals surface area (Å²) >= 11 is 1.58. The molecule has 0 heterocycles. The molecule has 2 atom stereocenters. The second-order valence-electron chi connectivity index (χ2n) is 4.90. The minimum atomic E-state index is -0.956. The second-order valence-corrected chi connectivity index (χ2v) is 6.34. The molecule has 5 heteroatoms. The normalized spacial score (nSPS) is 14.3. The van der Waals surface area contributed by atoms with Gasteiger partial charge in [0.2, 0.25) is 5.91 Å². The number of unbranched alkanes of at least 4 members (excludes halogenated alkanes) is 1. The van der Waals surface area contributed by atoms with Crippen molar-refractivity contribution in [1.29, 1.82) is 0 Å². The Morgan fingerprint density at radius 1 is 1.28 bits per heavy atom. The Balaban J connectivity index is 4.19. The Kier molecular flexibility index (Phi) is 8.89. The molecule has 0 radical (unpaired) electrons. The lowest BCUT2D eigenvalue weighted by molar-refractivity contribution is -0.142. The number of hydrogen-bond donors (Lipinski definition) is 2. The van der Waals surface area contributed by atoms with Crippen molar-refractivity contribution in [2.24, 2.45) is 5.92 Å². The van der Waals surface area contributed by atoms with Gasteiger partial charge in [-0.05, 0) is 31.4 Å². The minimum Gasteiger partial charge on any atom is -0.480 e. The van der Waals surface area contributed by atoms with Crippen molar-refractivity contribution in [3.63, 3.8) is 0 Å². The molecule has 0 saturated heterocycles. The zero-order valence-electron chi connectivity index (χ0n) is 11.7. The van der Waals surface area contributed by atoms with Crippen LogP contribution in [0.4, 0.5) is 0 Å². The molecule has 0 saturated carbocycles. The first-order chi connectivity index (χ1) is 8.38. The quantitative estimate of drug-likeness (QED) is 0.635. The van der Waals surface area contributed by atoms with Gasteiger partial charge in [0.05, 0.1) is 5.25 Å². The van der Waals surface area contributed by atoms with Crippen molar-refractivity contribution < 1.29 is 14.7 Å². The van der Waals surface area contributed by atoms with Gasteiger partial charge in [0, 0.05) is 0 Å². The van der Waals surface area contributed by atoms with Crippen LogP contribution < -0.4 is 5.32 Å². The van der Waals surface area contributed by atoms with E-state index < -0.39 is 12.0 Å². The van der Waals surface area contributed by atoms with E-state index in [2.05, 4.69) is 12.2 Å². The number of rotatable bonds is 9. The topological polar surface area (TPSA) is 66.4 Å². The predicted molar refractivity (Wildman–Crippen MR) is 75.8 cm³/mol. The van der Waals surface area contributed by atoms with Crippen molar-refractivity contribution in [1.82, 2.24) is 5.32 Å². The average Bonchev–Trinajstić information content (AvgIpc) is 2.27. The standard InChI is InChI=1S/C13H25NO3S/c1-5-6-7-18-10(4)12(15)14-11(13(16)17)8-9(2)3/h9-11H,5-8H2,1-4H3,(H,14,15)(H,16,17)/t10?,11-/m1/s1. The highest BCUT2D eigenvalue weighted by Crippen LogP contribution is 2.14. The molecule has 0 aromatic carbocycles. The van der Waals surface area contributed by atoms with Crippen molar-refractivity contribution >= 4 is 23.6 Å². The van der Waals surface area contributed by atoms with Crippen LogP contribution in [-0.4, -0.2) is 34.0 Å². The summed E-state index contributed by atoms with van der Waals surface area (Å²) in [6.45, 7) is 7.82. The summed E-state index contributed by atoms with van der Waals surface area (Å²) in [5, 5.41) is 11.5. The molecular formula is C13H25NO3S. The summed E-state index contributed by atoms with van der Waals surface area (Å²) in [4.78, 5) is 22.9. The second kappa shape index (κ2) is 9.25. The van der Waals surface area contributed by atoms with E-state index in [0.717, 1.165) is 18.6 Å². The number of hydrogen-bond acceptors (Lipinski definition) is 3. The molecule has 0 spiro atoms. The highest BCUT2D eigenvalue weighted by molar-refractivity contribution is 8.00. The number of carboxylic acids is 1. The number of carboxylic acid groups (broad SMARTS) is 1. The molecule has 0 aliphatic heterocycles. The van der Waals surface area contributed by atoms with Gasteiger partial charge >= 0.3 is 5.97 Å². The van der Waals surface area contributed by atoms with Crippen molar-refractivity contribution in [2.75, 3.05) is 5.75 Å². The zero-order valence-corrected chi connectivity index (χ0v) is 12.5. The third-order valence-electron chi connectivity index (χ3n) is 2.56. The van der Waals surface area contributed by atoms with Gasteiger partial charge < -0.3 is 10.4 Å². The number of thioether (sulfide) groups is 1. The molecular weight excluding hydrogens is 250 g/mol. The van der Waals surface area contributed by atoms with E-state index in [0.29, 0.717) is 6.42 Å². The summed E-state index contributed by atoms with van der Waals surface area (Å²) < 4.78 is 0. The maximum atomic E-state index is 11.8. The lowest BCUT2D eigenvalue weighted by Crippen LogP contribution is -2.44. The Labute approximate surface area is 114 Å². The molecule has 106 valence electrons. The van der Waals surface area contributed by atoms with E-state index in [4.69, 9.17) is 5.11 Å². The molecule has 0 bridgehead atoms. The lowest BCUT2D eigenvalue weighted by atomic mass is 10.0. The van der Waals surface area contributed by atoms with Crippen LogP contribution in [0.25, 0.3) is 0 Å². The van der Waals surface area contributed by atoms with Crippen LogP contribution in [0.15, 0.2) is 0 Å². The van der Waals surface area contributed by atoms with E-state index >= 15 is 0 Å². The van der Waals surface area contributed by atoms with Crippen LogP contribution in [0.2, 0.25) is 0 Å². The Hall–Kier alpha value is -0.710. The number of amides is 1. The molecule has 0 aliphatic rings. The maximum absolute atomic E-state index is 11.8. The van der Waals surface area contributed by atoms with Crippen LogP contribution in [-0.2, 0) is 9.59 Å². The monoisotopic (exact) mass is 275 g/mol. The van der Waals surface area contributed by atoms with Gasteiger partial charge in [-0.25, -0.2) is 4.79 Å². The molecule has 0 fully saturated rings. The molecule has 1 amide bonds. The van der Waals surface area contributed by atoms with Crippen molar-refractivity contribution in [3.8, 4) is 0 Å². The first kappa shape index (κ1) is 17.3. The summed E-state index contributed by atoms with van der Waals surface area (Å²) in [5.74, 6) is 0.0499. The van der Waals surface area contributed by atoms with E-state index in [-0.39, 0.29) is 17.1 Å². The smallest absolute Gasteiger partial charge is 0.326 e. The fourth-order valence-corrected chi connectivity index (χ4v) is 2.49. The average molecular weight is 275 g/mol. The molecule has 18 heavy (non-hydrogen) atoms. The number of nitrogens with one attached hydrogen (secondary N) is 1. The van der Waals surface area contributed by atoms with Gasteiger partial charge in [-0.2, -0.15) is 0 Å². The van der Waals surface area contributed by atoms with E-state index in [1.54, 1.807) is 11.8 Å². The van der Waals surface area contributed by atoms with E-state index in [1.165, 1.54) is 0 Å². The lowest BCUT2D eigenvalue weighted by Gasteiger charge is -2.19. The van der Waals surface area contributed by atoms with Gasteiger partial charge in [0.1, 0.15) is 6.04 Å². The van der Waals surface area contributed by atoms with Gasteiger partial charge in [0.25, 0.3) is 0 Å². The fourth-order valence-electron chi connectivity index (χ4n) is 1.46. The summed E-state index contributed by atoms with van der Waals surface area (Å²) in [7, 11) is 0. The number of aliphatic carboxylic acids is 1. The van der Waals surface area contributed by atoms with Gasteiger partial charge in [-0.3, -0.25) is 4.79 Å². The molecule has 2 N–H and O–H groups in total. The summed E-state index contributed by atoms with van der Waals surface area (Å²) in [6.07, 6.45) is 2.65. The third kappa shape index (κ3) is 7.58. The van der Waals surface area contributed by atoms with Crippen LogP contribution in [0, 0.1) is 5.92 Å². The predicted octanol–water partition coefficient (Wildman–Crippen LogP) is 2.52.